The molecule has 3 rings (SSSR count). The van der Waals surface area contributed by atoms with Gasteiger partial charge in [-0.1, -0.05) is 17.3 Å². The lowest BCUT2D eigenvalue weighted by molar-refractivity contribution is -0.124. The molecule has 2 aromatic rings. The molecular weight excluding hydrogens is 320 g/mol. The molecule has 1 atom stereocenters. The lowest BCUT2D eigenvalue weighted by Gasteiger charge is -2.21. The van der Waals surface area contributed by atoms with E-state index < -0.39 is 0 Å². The van der Waals surface area contributed by atoms with E-state index in [2.05, 4.69) is 10.5 Å². The SMILES string of the molecule is COc1cccc(-c2cc(CCNC(=O)CC3CCCCO3)no2)c1. The Morgan fingerprint density at radius 2 is 2.28 bits per heavy atom. The van der Waals surface area contributed by atoms with Gasteiger partial charge in [-0.3, -0.25) is 4.79 Å². The van der Waals surface area contributed by atoms with E-state index in [1.54, 1.807) is 7.11 Å². The normalized spacial score (nSPS) is 17.2. The minimum Gasteiger partial charge on any atom is -0.497 e. The van der Waals surface area contributed by atoms with Crippen molar-refractivity contribution in [2.45, 2.75) is 38.2 Å². The Bertz CT molecular complexity index is 692. The van der Waals surface area contributed by atoms with Gasteiger partial charge in [0.05, 0.1) is 25.3 Å². The van der Waals surface area contributed by atoms with Gasteiger partial charge in [-0.25, -0.2) is 0 Å². The molecule has 2 heterocycles. The number of nitrogens with one attached hydrogen (secondary N) is 1. The van der Waals surface area contributed by atoms with Gasteiger partial charge in [0.2, 0.25) is 5.91 Å². The molecule has 6 heteroatoms. The molecule has 1 aromatic carbocycles. The van der Waals surface area contributed by atoms with Crippen molar-refractivity contribution in [3.05, 3.63) is 36.0 Å². The molecule has 0 bridgehead atoms. The van der Waals surface area contributed by atoms with Crippen LogP contribution in [0.4, 0.5) is 0 Å². The number of aromatic nitrogens is 1. The van der Waals surface area contributed by atoms with Crippen LogP contribution in [0.15, 0.2) is 34.9 Å². The average molecular weight is 344 g/mol. The number of hydrogen-bond acceptors (Lipinski definition) is 5. The second kappa shape index (κ2) is 8.67. The van der Waals surface area contributed by atoms with Gasteiger partial charge in [-0.2, -0.15) is 0 Å². The molecular formula is C19H24N2O4. The zero-order valence-corrected chi connectivity index (χ0v) is 14.5. The summed E-state index contributed by atoms with van der Waals surface area (Å²) in [6.07, 6.45) is 4.35. The Kier molecular flexibility index (Phi) is 6.06. The van der Waals surface area contributed by atoms with E-state index >= 15 is 0 Å². The number of amides is 1. The molecule has 25 heavy (non-hydrogen) atoms. The van der Waals surface area contributed by atoms with Crippen LogP contribution in [-0.2, 0) is 16.0 Å². The minimum absolute atomic E-state index is 0.0309. The Morgan fingerprint density at radius 3 is 3.08 bits per heavy atom. The standard InChI is InChI=1S/C19H24N2O4/c1-23-16-7-4-5-14(11-16)18-12-15(21-25-18)8-9-20-19(22)13-17-6-2-3-10-24-17/h4-5,7,11-12,17H,2-3,6,8-10,13H2,1H3,(H,20,22). The largest absolute Gasteiger partial charge is 0.497 e. The average Bonchev–Trinajstić information content (AvgIpc) is 3.11. The molecule has 1 fully saturated rings. The van der Waals surface area contributed by atoms with Gasteiger partial charge >= 0.3 is 0 Å². The molecule has 0 aliphatic carbocycles. The summed E-state index contributed by atoms with van der Waals surface area (Å²) >= 11 is 0. The van der Waals surface area contributed by atoms with Crippen LogP contribution in [-0.4, -0.2) is 37.4 Å². The molecule has 0 spiro atoms. The number of ether oxygens (including phenoxy) is 2. The highest BCUT2D eigenvalue weighted by atomic mass is 16.5. The number of carbonyl (C=O) groups is 1. The number of nitrogens with zero attached hydrogens (tertiary/aromatic N) is 1. The quantitative estimate of drug-likeness (QED) is 0.836. The summed E-state index contributed by atoms with van der Waals surface area (Å²) in [6.45, 7) is 1.31. The van der Waals surface area contributed by atoms with Gasteiger partial charge in [0.1, 0.15) is 5.75 Å². The summed E-state index contributed by atoms with van der Waals surface area (Å²) in [7, 11) is 1.63. The molecule has 0 radical (unpaired) electrons. The topological polar surface area (TPSA) is 73.6 Å². The van der Waals surface area contributed by atoms with Crippen molar-refractivity contribution in [2.75, 3.05) is 20.3 Å². The number of carbonyl (C=O) groups excluding carboxylic acids is 1. The zero-order valence-electron chi connectivity index (χ0n) is 14.5. The first-order valence-corrected chi connectivity index (χ1v) is 8.73. The molecule has 1 N–H and O–H groups in total. The van der Waals surface area contributed by atoms with E-state index in [1.165, 1.54) is 0 Å². The van der Waals surface area contributed by atoms with Gasteiger partial charge in [0, 0.05) is 31.2 Å². The van der Waals surface area contributed by atoms with Crippen LogP contribution in [0.2, 0.25) is 0 Å². The number of benzene rings is 1. The summed E-state index contributed by atoms with van der Waals surface area (Å²) < 4.78 is 16.2. The monoisotopic (exact) mass is 344 g/mol. The van der Waals surface area contributed by atoms with Crippen LogP contribution in [0.5, 0.6) is 5.75 Å². The maximum Gasteiger partial charge on any atom is 0.222 e. The predicted molar refractivity (Wildman–Crippen MR) is 93.4 cm³/mol. The van der Waals surface area contributed by atoms with Crippen LogP contribution < -0.4 is 10.1 Å². The van der Waals surface area contributed by atoms with Crippen molar-refractivity contribution in [3.63, 3.8) is 0 Å². The van der Waals surface area contributed by atoms with Crippen molar-refractivity contribution in [2.24, 2.45) is 0 Å². The van der Waals surface area contributed by atoms with E-state index in [9.17, 15) is 4.79 Å². The van der Waals surface area contributed by atoms with Crippen molar-refractivity contribution in [1.29, 1.82) is 0 Å². The Morgan fingerprint density at radius 1 is 1.36 bits per heavy atom. The Labute approximate surface area is 147 Å². The summed E-state index contributed by atoms with van der Waals surface area (Å²) in [5.41, 5.74) is 1.73. The first kappa shape index (κ1) is 17.5. The second-order valence-corrected chi connectivity index (χ2v) is 6.21. The highest BCUT2D eigenvalue weighted by Crippen LogP contribution is 2.24. The molecule has 134 valence electrons. The third-order valence-electron chi connectivity index (χ3n) is 4.30. The van der Waals surface area contributed by atoms with Crippen LogP contribution in [0.25, 0.3) is 11.3 Å². The van der Waals surface area contributed by atoms with E-state index in [0.717, 1.165) is 42.9 Å². The van der Waals surface area contributed by atoms with Gasteiger partial charge < -0.3 is 19.3 Å². The highest BCUT2D eigenvalue weighted by molar-refractivity contribution is 5.76. The molecule has 1 aliphatic rings. The third-order valence-corrected chi connectivity index (χ3v) is 4.30. The first-order chi connectivity index (χ1) is 12.2. The van der Waals surface area contributed by atoms with Gasteiger partial charge in [-0.05, 0) is 31.4 Å². The Balaban J connectivity index is 1.46. The van der Waals surface area contributed by atoms with Crippen LogP contribution >= 0.6 is 0 Å². The fourth-order valence-electron chi connectivity index (χ4n) is 2.92. The zero-order chi connectivity index (χ0) is 17.5. The smallest absolute Gasteiger partial charge is 0.222 e. The third kappa shape index (κ3) is 5.06. The molecule has 1 saturated heterocycles. The fraction of sp³-hybridized carbons (Fsp3) is 0.474. The van der Waals surface area contributed by atoms with Crippen LogP contribution in [0.1, 0.15) is 31.4 Å². The maximum atomic E-state index is 11.9. The molecule has 1 unspecified atom stereocenters. The lowest BCUT2D eigenvalue weighted by atomic mass is 10.1. The summed E-state index contributed by atoms with van der Waals surface area (Å²) in [5, 5.41) is 6.99. The van der Waals surface area contributed by atoms with E-state index in [-0.39, 0.29) is 12.0 Å². The molecule has 1 amide bonds. The maximum absolute atomic E-state index is 11.9. The summed E-state index contributed by atoms with van der Waals surface area (Å²) in [6, 6.07) is 9.52. The van der Waals surface area contributed by atoms with Crippen molar-refractivity contribution in [3.8, 4) is 17.1 Å². The number of hydrogen-bond donors (Lipinski definition) is 1. The lowest BCUT2D eigenvalue weighted by Crippen LogP contribution is -2.31. The van der Waals surface area contributed by atoms with E-state index in [1.807, 2.05) is 30.3 Å². The van der Waals surface area contributed by atoms with Crippen LogP contribution in [0.3, 0.4) is 0 Å². The van der Waals surface area contributed by atoms with Gasteiger partial charge in [-0.15, -0.1) is 0 Å². The van der Waals surface area contributed by atoms with Gasteiger partial charge in [0.15, 0.2) is 5.76 Å². The highest BCUT2D eigenvalue weighted by Gasteiger charge is 2.17. The molecule has 0 saturated carbocycles. The number of methoxy groups -OCH3 is 1. The fourth-order valence-corrected chi connectivity index (χ4v) is 2.92. The first-order valence-electron chi connectivity index (χ1n) is 8.73. The second-order valence-electron chi connectivity index (χ2n) is 6.21. The van der Waals surface area contributed by atoms with E-state index in [0.29, 0.717) is 25.1 Å². The Hall–Kier alpha value is -2.34. The van der Waals surface area contributed by atoms with Crippen molar-refractivity contribution in [1.82, 2.24) is 10.5 Å². The van der Waals surface area contributed by atoms with Crippen LogP contribution in [0, 0.1) is 0 Å². The number of rotatable bonds is 7. The van der Waals surface area contributed by atoms with Gasteiger partial charge in [0.25, 0.3) is 0 Å². The van der Waals surface area contributed by atoms with Crippen molar-refractivity contribution >= 4 is 5.91 Å². The summed E-state index contributed by atoms with van der Waals surface area (Å²) in [5.74, 6) is 1.49. The van der Waals surface area contributed by atoms with E-state index in [4.69, 9.17) is 14.0 Å². The molecule has 1 aliphatic heterocycles. The predicted octanol–water partition coefficient (Wildman–Crippen LogP) is 2.97. The molecule has 6 nitrogen and oxygen atoms in total. The minimum atomic E-state index is 0.0309. The van der Waals surface area contributed by atoms with Crippen molar-refractivity contribution < 1.29 is 18.8 Å². The molecule has 1 aromatic heterocycles. The summed E-state index contributed by atoms with van der Waals surface area (Å²) in [4.78, 5) is 11.9.